The van der Waals surface area contributed by atoms with Crippen LogP contribution in [-0.4, -0.2) is 23.8 Å². The Morgan fingerprint density at radius 3 is 2.68 bits per heavy atom. The fourth-order valence-corrected chi connectivity index (χ4v) is 3.03. The van der Waals surface area contributed by atoms with Crippen LogP contribution < -0.4 is 0 Å². The van der Waals surface area contributed by atoms with E-state index in [1.54, 1.807) is 6.92 Å². The Morgan fingerprint density at radius 2 is 2.11 bits per heavy atom. The van der Waals surface area contributed by atoms with Crippen molar-refractivity contribution in [1.82, 2.24) is 0 Å². The predicted molar refractivity (Wildman–Crippen MR) is 76.8 cm³/mol. The standard InChI is InChI=1S/C16H28O3/c1-3-8-14(11-13-9-6-5-7-10-13)15(17)12-16(18)19-4-2/h3,13-15,17H,1,4-12H2,2H3. The third-order valence-electron chi connectivity index (χ3n) is 4.06. The lowest BCUT2D eigenvalue weighted by Gasteiger charge is -2.28. The molecule has 0 radical (unpaired) electrons. The molecule has 0 bridgehead atoms. The number of hydrogen-bond acceptors (Lipinski definition) is 3. The fourth-order valence-electron chi connectivity index (χ4n) is 3.03. The van der Waals surface area contributed by atoms with E-state index in [0.717, 1.165) is 12.8 Å². The summed E-state index contributed by atoms with van der Waals surface area (Å²) in [6.07, 6.45) is 9.62. The Labute approximate surface area is 117 Å². The summed E-state index contributed by atoms with van der Waals surface area (Å²) in [4.78, 5) is 11.4. The van der Waals surface area contributed by atoms with Gasteiger partial charge in [-0.05, 0) is 31.6 Å². The summed E-state index contributed by atoms with van der Waals surface area (Å²) >= 11 is 0. The van der Waals surface area contributed by atoms with E-state index in [4.69, 9.17) is 4.74 Å². The summed E-state index contributed by atoms with van der Waals surface area (Å²) in [5.41, 5.74) is 0. The van der Waals surface area contributed by atoms with Crippen molar-refractivity contribution in [2.75, 3.05) is 6.61 Å². The Morgan fingerprint density at radius 1 is 1.42 bits per heavy atom. The molecule has 0 amide bonds. The molecule has 2 unspecified atom stereocenters. The topological polar surface area (TPSA) is 46.5 Å². The number of aliphatic hydroxyl groups is 1. The Kier molecular flexibility index (Phi) is 7.80. The van der Waals surface area contributed by atoms with E-state index in [9.17, 15) is 9.90 Å². The first-order valence-corrected chi connectivity index (χ1v) is 7.62. The zero-order valence-electron chi connectivity index (χ0n) is 12.1. The lowest BCUT2D eigenvalue weighted by Crippen LogP contribution is -2.27. The molecule has 0 aromatic heterocycles. The van der Waals surface area contributed by atoms with E-state index in [2.05, 4.69) is 6.58 Å². The smallest absolute Gasteiger partial charge is 0.308 e. The summed E-state index contributed by atoms with van der Waals surface area (Å²) in [5, 5.41) is 10.2. The third kappa shape index (κ3) is 6.24. The van der Waals surface area contributed by atoms with Crippen LogP contribution in [0.25, 0.3) is 0 Å². The number of aliphatic hydroxyl groups excluding tert-OH is 1. The van der Waals surface area contributed by atoms with Crippen molar-refractivity contribution < 1.29 is 14.6 Å². The monoisotopic (exact) mass is 268 g/mol. The highest BCUT2D eigenvalue weighted by Gasteiger charge is 2.25. The number of esters is 1. The molecular weight excluding hydrogens is 240 g/mol. The molecule has 1 aliphatic rings. The van der Waals surface area contributed by atoms with Crippen molar-refractivity contribution >= 4 is 5.97 Å². The van der Waals surface area contributed by atoms with E-state index in [1.807, 2.05) is 6.08 Å². The number of ether oxygens (including phenoxy) is 1. The van der Waals surface area contributed by atoms with E-state index in [-0.39, 0.29) is 18.3 Å². The Hall–Kier alpha value is -0.830. The predicted octanol–water partition coefficient (Wildman–Crippen LogP) is 3.46. The van der Waals surface area contributed by atoms with Crippen LogP contribution in [-0.2, 0) is 9.53 Å². The molecular formula is C16H28O3. The van der Waals surface area contributed by atoms with Crippen LogP contribution in [0, 0.1) is 11.8 Å². The first-order chi connectivity index (χ1) is 9.17. The fraction of sp³-hybridized carbons (Fsp3) is 0.812. The zero-order chi connectivity index (χ0) is 14.1. The number of carbonyl (C=O) groups excluding carboxylic acids is 1. The number of rotatable bonds is 8. The highest BCUT2D eigenvalue weighted by molar-refractivity contribution is 5.69. The van der Waals surface area contributed by atoms with Crippen molar-refractivity contribution in [1.29, 1.82) is 0 Å². The SMILES string of the molecule is C=CCC(CC1CCCCC1)C(O)CC(=O)OCC. The second-order valence-corrected chi connectivity index (χ2v) is 5.60. The van der Waals surface area contributed by atoms with Crippen LogP contribution in [0.15, 0.2) is 12.7 Å². The van der Waals surface area contributed by atoms with Crippen molar-refractivity contribution in [2.24, 2.45) is 11.8 Å². The van der Waals surface area contributed by atoms with Crippen LogP contribution in [0.5, 0.6) is 0 Å². The number of hydrogen-bond donors (Lipinski definition) is 1. The van der Waals surface area contributed by atoms with Gasteiger partial charge < -0.3 is 9.84 Å². The lowest BCUT2D eigenvalue weighted by molar-refractivity contribution is -0.146. The summed E-state index contributed by atoms with van der Waals surface area (Å²) in [5.74, 6) is 0.549. The molecule has 0 aliphatic heterocycles. The van der Waals surface area contributed by atoms with Gasteiger partial charge in [0.15, 0.2) is 0 Å². The van der Waals surface area contributed by atoms with Crippen molar-refractivity contribution in [3.63, 3.8) is 0 Å². The molecule has 2 atom stereocenters. The minimum atomic E-state index is -0.598. The van der Waals surface area contributed by atoms with Crippen LogP contribution in [0.2, 0.25) is 0 Å². The van der Waals surface area contributed by atoms with Gasteiger partial charge in [-0.25, -0.2) is 0 Å². The first kappa shape index (κ1) is 16.2. The quantitative estimate of drug-likeness (QED) is 0.541. The maximum atomic E-state index is 11.4. The molecule has 1 fully saturated rings. The molecule has 19 heavy (non-hydrogen) atoms. The second-order valence-electron chi connectivity index (χ2n) is 5.60. The molecule has 110 valence electrons. The van der Waals surface area contributed by atoms with Gasteiger partial charge in [0.05, 0.1) is 19.1 Å². The summed E-state index contributed by atoms with van der Waals surface area (Å²) in [6.45, 7) is 5.92. The number of carbonyl (C=O) groups is 1. The van der Waals surface area contributed by atoms with Crippen LogP contribution in [0.1, 0.15) is 58.3 Å². The summed E-state index contributed by atoms with van der Waals surface area (Å²) < 4.78 is 4.91. The van der Waals surface area contributed by atoms with Gasteiger partial charge in [0.2, 0.25) is 0 Å². The van der Waals surface area contributed by atoms with Gasteiger partial charge >= 0.3 is 5.97 Å². The van der Waals surface area contributed by atoms with Gasteiger partial charge in [-0.3, -0.25) is 4.79 Å². The highest BCUT2D eigenvalue weighted by atomic mass is 16.5. The third-order valence-corrected chi connectivity index (χ3v) is 4.06. The van der Waals surface area contributed by atoms with Crippen LogP contribution in [0.4, 0.5) is 0 Å². The normalized spacial score (nSPS) is 19.7. The van der Waals surface area contributed by atoms with Crippen LogP contribution in [0.3, 0.4) is 0 Å². The summed E-state index contributed by atoms with van der Waals surface area (Å²) in [6, 6.07) is 0. The average Bonchev–Trinajstić information content (AvgIpc) is 2.39. The van der Waals surface area contributed by atoms with E-state index in [0.29, 0.717) is 12.5 Å². The van der Waals surface area contributed by atoms with Gasteiger partial charge in [-0.2, -0.15) is 0 Å². The summed E-state index contributed by atoms with van der Waals surface area (Å²) in [7, 11) is 0. The molecule has 1 saturated carbocycles. The minimum absolute atomic E-state index is 0.110. The molecule has 1 aliphatic carbocycles. The Balaban J connectivity index is 2.44. The molecule has 1 N–H and O–H groups in total. The average molecular weight is 268 g/mol. The zero-order valence-corrected chi connectivity index (χ0v) is 12.1. The van der Waals surface area contributed by atoms with E-state index >= 15 is 0 Å². The van der Waals surface area contributed by atoms with Gasteiger partial charge in [0.25, 0.3) is 0 Å². The van der Waals surface area contributed by atoms with Crippen molar-refractivity contribution in [3.8, 4) is 0 Å². The molecule has 1 rings (SSSR count). The number of allylic oxidation sites excluding steroid dienone is 1. The second kappa shape index (κ2) is 9.13. The maximum Gasteiger partial charge on any atom is 0.308 e. The van der Waals surface area contributed by atoms with Crippen LogP contribution >= 0.6 is 0 Å². The van der Waals surface area contributed by atoms with Gasteiger partial charge in [0.1, 0.15) is 0 Å². The largest absolute Gasteiger partial charge is 0.466 e. The molecule has 3 nitrogen and oxygen atoms in total. The van der Waals surface area contributed by atoms with Crippen molar-refractivity contribution in [3.05, 3.63) is 12.7 Å². The van der Waals surface area contributed by atoms with Gasteiger partial charge in [-0.1, -0.05) is 38.2 Å². The Bertz CT molecular complexity index is 269. The molecule has 0 aromatic rings. The molecule has 0 heterocycles. The lowest BCUT2D eigenvalue weighted by atomic mass is 9.79. The van der Waals surface area contributed by atoms with Gasteiger partial charge in [-0.15, -0.1) is 6.58 Å². The van der Waals surface area contributed by atoms with Gasteiger partial charge in [0, 0.05) is 0 Å². The highest BCUT2D eigenvalue weighted by Crippen LogP contribution is 2.32. The molecule has 0 aromatic carbocycles. The molecule has 0 saturated heterocycles. The van der Waals surface area contributed by atoms with E-state index < -0.39 is 6.10 Å². The molecule has 3 heteroatoms. The van der Waals surface area contributed by atoms with Crippen molar-refractivity contribution in [2.45, 2.75) is 64.4 Å². The maximum absolute atomic E-state index is 11.4. The minimum Gasteiger partial charge on any atom is -0.466 e. The molecule has 0 spiro atoms. The first-order valence-electron chi connectivity index (χ1n) is 7.62. The van der Waals surface area contributed by atoms with E-state index in [1.165, 1.54) is 32.1 Å².